The van der Waals surface area contributed by atoms with E-state index in [0.29, 0.717) is 24.2 Å². The largest absolute Gasteiger partial charge is 0.346 e. The van der Waals surface area contributed by atoms with Crippen molar-refractivity contribution < 1.29 is 13.2 Å². The van der Waals surface area contributed by atoms with Gasteiger partial charge >= 0.3 is 0 Å². The van der Waals surface area contributed by atoms with Crippen molar-refractivity contribution >= 4 is 15.9 Å². The van der Waals surface area contributed by atoms with Crippen LogP contribution in [0.15, 0.2) is 41.3 Å². The number of nitrogens with zero attached hydrogens (tertiary/aromatic N) is 1. The van der Waals surface area contributed by atoms with Crippen LogP contribution in [-0.4, -0.2) is 31.7 Å². The molecule has 1 atom stereocenters. The van der Waals surface area contributed by atoms with Gasteiger partial charge in [-0.15, -0.1) is 0 Å². The maximum atomic E-state index is 12.9. The van der Waals surface area contributed by atoms with Crippen LogP contribution in [0.25, 0.3) is 0 Å². The van der Waals surface area contributed by atoms with Crippen molar-refractivity contribution in [3.05, 3.63) is 64.2 Å². The van der Waals surface area contributed by atoms with Gasteiger partial charge < -0.3 is 5.32 Å². The predicted molar refractivity (Wildman–Crippen MR) is 111 cm³/mol. The third kappa shape index (κ3) is 4.13. The summed E-state index contributed by atoms with van der Waals surface area (Å²) in [4.78, 5) is 13.0. The van der Waals surface area contributed by atoms with Gasteiger partial charge in [0.15, 0.2) is 0 Å². The first kappa shape index (κ1) is 20.6. The highest BCUT2D eigenvalue weighted by molar-refractivity contribution is 7.89. The molecule has 2 aromatic carbocycles. The quantitative estimate of drug-likeness (QED) is 0.828. The molecule has 1 fully saturated rings. The summed E-state index contributed by atoms with van der Waals surface area (Å²) in [6.45, 7) is 8.88. The standard InChI is InChI=1S/C22H28N2O3S/c1-15-7-9-19(13-17(15)3)18(4)23-22(25)20-10-8-16(2)21(14-20)28(26,27)24-11-5-6-12-24/h7-10,13-14,18H,5-6,11-12H2,1-4H3,(H,23,25). The normalized spacial score (nSPS) is 16.1. The predicted octanol–water partition coefficient (Wildman–Crippen LogP) is 3.89. The molecule has 5 nitrogen and oxygen atoms in total. The second-order valence-electron chi connectivity index (χ2n) is 7.63. The summed E-state index contributed by atoms with van der Waals surface area (Å²) in [7, 11) is -3.56. The molecule has 0 bridgehead atoms. The highest BCUT2D eigenvalue weighted by Crippen LogP contribution is 2.25. The number of benzene rings is 2. The molecule has 0 aromatic heterocycles. The summed E-state index contributed by atoms with van der Waals surface area (Å²) >= 11 is 0. The third-order valence-electron chi connectivity index (χ3n) is 5.51. The second kappa shape index (κ2) is 8.05. The molecule has 150 valence electrons. The Bertz CT molecular complexity index is 993. The number of hydrogen-bond acceptors (Lipinski definition) is 3. The first-order valence-corrected chi connectivity index (χ1v) is 11.1. The zero-order valence-electron chi connectivity index (χ0n) is 17.0. The van der Waals surface area contributed by atoms with Crippen molar-refractivity contribution in [1.29, 1.82) is 0 Å². The highest BCUT2D eigenvalue weighted by atomic mass is 32.2. The number of aryl methyl sites for hydroxylation is 3. The van der Waals surface area contributed by atoms with Crippen molar-refractivity contribution in [3.8, 4) is 0 Å². The number of hydrogen-bond donors (Lipinski definition) is 1. The molecular formula is C22H28N2O3S. The summed E-state index contributed by atoms with van der Waals surface area (Å²) in [5, 5.41) is 2.98. The van der Waals surface area contributed by atoms with Crippen LogP contribution in [0, 0.1) is 20.8 Å². The number of carbonyl (C=O) groups excluding carboxylic acids is 1. The van der Waals surface area contributed by atoms with Gasteiger partial charge in [0.25, 0.3) is 5.91 Å². The first-order chi connectivity index (χ1) is 13.2. The summed E-state index contributed by atoms with van der Waals surface area (Å²) in [6, 6.07) is 10.8. The van der Waals surface area contributed by atoms with Crippen LogP contribution in [0.3, 0.4) is 0 Å². The molecule has 2 aromatic rings. The Morgan fingerprint density at radius 2 is 1.61 bits per heavy atom. The fourth-order valence-corrected chi connectivity index (χ4v) is 5.25. The minimum Gasteiger partial charge on any atom is -0.346 e. The Balaban J connectivity index is 1.83. The van der Waals surface area contributed by atoms with Crippen LogP contribution in [-0.2, 0) is 10.0 Å². The van der Waals surface area contributed by atoms with Crippen molar-refractivity contribution in [2.75, 3.05) is 13.1 Å². The average Bonchev–Trinajstić information content (AvgIpc) is 3.19. The average molecular weight is 401 g/mol. The molecule has 1 aliphatic rings. The van der Waals surface area contributed by atoms with E-state index in [9.17, 15) is 13.2 Å². The number of carbonyl (C=O) groups is 1. The maximum Gasteiger partial charge on any atom is 0.251 e. The van der Waals surface area contributed by atoms with E-state index in [1.54, 1.807) is 19.1 Å². The van der Waals surface area contributed by atoms with Crippen molar-refractivity contribution in [1.82, 2.24) is 9.62 Å². The molecule has 0 spiro atoms. The van der Waals surface area contributed by atoms with Gasteiger partial charge in [0.05, 0.1) is 10.9 Å². The van der Waals surface area contributed by atoms with Crippen LogP contribution in [0.5, 0.6) is 0 Å². The second-order valence-corrected chi connectivity index (χ2v) is 9.54. The Morgan fingerprint density at radius 1 is 0.964 bits per heavy atom. The molecule has 1 amide bonds. The molecule has 28 heavy (non-hydrogen) atoms. The first-order valence-electron chi connectivity index (χ1n) is 9.69. The highest BCUT2D eigenvalue weighted by Gasteiger charge is 2.29. The summed E-state index contributed by atoms with van der Waals surface area (Å²) < 4.78 is 27.4. The number of sulfonamides is 1. The van der Waals surface area contributed by atoms with E-state index in [0.717, 1.165) is 18.4 Å². The zero-order valence-corrected chi connectivity index (χ0v) is 17.8. The molecule has 6 heteroatoms. The van der Waals surface area contributed by atoms with Crippen LogP contribution < -0.4 is 5.32 Å². The fraction of sp³-hybridized carbons (Fsp3) is 0.409. The van der Waals surface area contributed by atoms with E-state index < -0.39 is 10.0 Å². The topological polar surface area (TPSA) is 66.5 Å². The lowest BCUT2D eigenvalue weighted by molar-refractivity contribution is 0.0939. The smallest absolute Gasteiger partial charge is 0.251 e. The van der Waals surface area contributed by atoms with Crippen LogP contribution in [0.1, 0.15) is 58.4 Å². The molecule has 1 aliphatic heterocycles. The summed E-state index contributed by atoms with van der Waals surface area (Å²) in [6.07, 6.45) is 1.76. The van der Waals surface area contributed by atoms with E-state index in [4.69, 9.17) is 0 Å². The Kier molecular flexibility index (Phi) is 5.91. The van der Waals surface area contributed by atoms with E-state index in [2.05, 4.69) is 18.3 Å². The number of nitrogens with one attached hydrogen (secondary N) is 1. The van der Waals surface area contributed by atoms with Gasteiger partial charge in [0, 0.05) is 18.7 Å². The Hall–Kier alpha value is -2.18. The van der Waals surface area contributed by atoms with Gasteiger partial charge in [-0.3, -0.25) is 4.79 Å². The Morgan fingerprint density at radius 3 is 2.25 bits per heavy atom. The molecule has 1 unspecified atom stereocenters. The fourth-order valence-electron chi connectivity index (χ4n) is 3.48. The van der Waals surface area contributed by atoms with Gasteiger partial charge in [0.2, 0.25) is 10.0 Å². The molecule has 0 saturated carbocycles. The van der Waals surface area contributed by atoms with E-state index in [1.807, 2.05) is 26.0 Å². The van der Waals surface area contributed by atoms with Crippen molar-refractivity contribution in [2.24, 2.45) is 0 Å². The number of amides is 1. The van der Waals surface area contributed by atoms with E-state index in [-0.39, 0.29) is 16.8 Å². The minimum absolute atomic E-state index is 0.174. The molecular weight excluding hydrogens is 372 g/mol. The summed E-state index contributed by atoms with van der Waals surface area (Å²) in [5.41, 5.74) is 4.42. The lowest BCUT2D eigenvalue weighted by atomic mass is 10.0. The molecule has 1 heterocycles. The van der Waals surface area contributed by atoms with Gasteiger partial charge in [-0.1, -0.05) is 24.3 Å². The van der Waals surface area contributed by atoms with Gasteiger partial charge in [-0.2, -0.15) is 4.31 Å². The Labute approximate surface area is 167 Å². The van der Waals surface area contributed by atoms with Crippen LogP contribution in [0.4, 0.5) is 0 Å². The van der Waals surface area contributed by atoms with Crippen LogP contribution >= 0.6 is 0 Å². The van der Waals surface area contributed by atoms with E-state index in [1.165, 1.54) is 21.5 Å². The van der Waals surface area contributed by atoms with Crippen molar-refractivity contribution in [3.63, 3.8) is 0 Å². The lowest BCUT2D eigenvalue weighted by Gasteiger charge is -2.19. The maximum absolute atomic E-state index is 12.9. The molecule has 1 saturated heterocycles. The third-order valence-corrected chi connectivity index (χ3v) is 7.55. The molecule has 1 N–H and O–H groups in total. The van der Waals surface area contributed by atoms with Crippen LogP contribution in [0.2, 0.25) is 0 Å². The minimum atomic E-state index is -3.56. The lowest BCUT2D eigenvalue weighted by Crippen LogP contribution is -2.30. The molecule has 3 rings (SSSR count). The number of rotatable bonds is 5. The van der Waals surface area contributed by atoms with Crippen molar-refractivity contribution in [2.45, 2.75) is 51.5 Å². The summed E-state index contributed by atoms with van der Waals surface area (Å²) in [5.74, 6) is -0.274. The van der Waals surface area contributed by atoms with E-state index >= 15 is 0 Å². The zero-order chi connectivity index (χ0) is 20.5. The van der Waals surface area contributed by atoms with Gasteiger partial charge in [-0.25, -0.2) is 8.42 Å². The SMILES string of the molecule is Cc1ccc(C(C)NC(=O)c2ccc(C)c(S(=O)(=O)N3CCCC3)c2)cc1C. The van der Waals surface area contributed by atoms with Gasteiger partial charge in [-0.05, 0) is 74.9 Å². The molecule has 0 aliphatic carbocycles. The van der Waals surface area contributed by atoms with Gasteiger partial charge in [0.1, 0.15) is 0 Å². The monoisotopic (exact) mass is 400 g/mol. The molecule has 0 radical (unpaired) electrons.